The normalized spacial score (nSPS) is 11.2. The zero-order valence-electron chi connectivity index (χ0n) is 11.5. The van der Waals surface area contributed by atoms with Gasteiger partial charge in [-0.3, -0.25) is 0 Å². The van der Waals surface area contributed by atoms with E-state index in [0.717, 1.165) is 19.5 Å². The summed E-state index contributed by atoms with van der Waals surface area (Å²) >= 11 is 12.0. The number of nitrogens with one attached hydrogen (secondary N) is 2. The molecule has 0 aliphatic heterocycles. The van der Waals surface area contributed by atoms with Crippen LogP contribution < -0.4 is 16.6 Å². The first kappa shape index (κ1) is 16.3. The maximum Gasteiger partial charge on any atom is 0.161 e. The maximum absolute atomic E-state index is 6.06. The lowest BCUT2D eigenvalue weighted by Gasteiger charge is -2.20. The van der Waals surface area contributed by atoms with Crippen molar-refractivity contribution in [3.63, 3.8) is 0 Å². The minimum atomic E-state index is 0.401. The van der Waals surface area contributed by atoms with Gasteiger partial charge in [-0.25, -0.2) is 10.8 Å². The van der Waals surface area contributed by atoms with Crippen LogP contribution in [-0.2, 0) is 0 Å². The van der Waals surface area contributed by atoms with Crippen molar-refractivity contribution in [2.24, 2.45) is 5.84 Å². The van der Waals surface area contributed by atoms with E-state index in [-0.39, 0.29) is 0 Å². The molecule has 1 rings (SSSR count). The monoisotopic (exact) mass is 305 g/mol. The number of hydrogen-bond acceptors (Lipinski definition) is 5. The van der Waals surface area contributed by atoms with E-state index in [2.05, 4.69) is 41.5 Å². The second-order valence-electron chi connectivity index (χ2n) is 4.65. The number of anilines is 2. The molecule has 0 bridgehead atoms. The number of nitrogens with zero attached hydrogens (tertiary/aromatic N) is 2. The van der Waals surface area contributed by atoms with Gasteiger partial charge in [0.2, 0.25) is 0 Å². The molecule has 0 amide bonds. The first-order chi connectivity index (χ1) is 8.95. The number of halogens is 2. The van der Waals surface area contributed by atoms with Gasteiger partial charge in [0.05, 0.1) is 10.0 Å². The summed E-state index contributed by atoms with van der Waals surface area (Å²) in [6, 6.07) is 2.17. The van der Waals surface area contributed by atoms with Gasteiger partial charge in [-0.05, 0) is 39.9 Å². The summed E-state index contributed by atoms with van der Waals surface area (Å²) in [4.78, 5) is 6.50. The average Bonchev–Trinajstić information content (AvgIpc) is 2.36. The second kappa shape index (κ2) is 7.75. The van der Waals surface area contributed by atoms with Crippen molar-refractivity contribution in [3.8, 4) is 0 Å². The third kappa shape index (κ3) is 5.03. The third-order valence-electron chi connectivity index (χ3n) is 2.93. The Bertz CT molecular complexity index is 411. The number of rotatable bonds is 7. The maximum atomic E-state index is 6.06. The van der Waals surface area contributed by atoms with Gasteiger partial charge in [0.25, 0.3) is 0 Å². The van der Waals surface area contributed by atoms with Crippen LogP contribution in [0.4, 0.5) is 11.6 Å². The van der Waals surface area contributed by atoms with Gasteiger partial charge in [-0.15, -0.1) is 0 Å². The lowest BCUT2D eigenvalue weighted by atomic mass is 10.3. The molecule has 4 N–H and O–H groups in total. The molecule has 7 heteroatoms. The second-order valence-corrected chi connectivity index (χ2v) is 5.46. The number of nitrogens with two attached hydrogens (primary N) is 1. The van der Waals surface area contributed by atoms with Crippen molar-refractivity contribution >= 4 is 34.8 Å². The first-order valence-corrected chi connectivity index (χ1v) is 6.98. The Balaban J connectivity index is 2.49. The quantitative estimate of drug-likeness (QED) is 0.411. The van der Waals surface area contributed by atoms with Gasteiger partial charge in [0.15, 0.2) is 5.82 Å². The molecule has 1 aromatic rings. The Morgan fingerprint density at radius 2 is 1.95 bits per heavy atom. The van der Waals surface area contributed by atoms with Gasteiger partial charge in [-0.1, -0.05) is 23.2 Å². The fourth-order valence-corrected chi connectivity index (χ4v) is 1.97. The first-order valence-electron chi connectivity index (χ1n) is 6.22. The van der Waals surface area contributed by atoms with E-state index in [1.165, 1.54) is 0 Å². The molecule has 0 saturated carbocycles. The minimum Gasteiger partial charge on any atom is -0.369 e. The van der Waals surface area contributed by atoms with Crippen LogP contribution in [0.25, 0.3) is 0 Å². The Labute approximate surface area is 124 Å². The van der Waals surface area contributed by atoms with E-state index in [1.807, 2.05) is 0 Å². The van der Waals surface area contributed by atoms with Crippen molar-refractivity contribution in [2.75, 3.05) is 30.9 Å². The van der Waals surface area contributed by atoms with Crippen LogP contribution in [0.2, 0.25) is 10.0 Å². The number of hydrazine groups is 1. The highest BCUT2D eigenvalue weighted by atomic mass is 35.5. The van der Waals surface area contributed by atoms with E-state index < -0.39 is 0 Å². The van der Waals surface area contributed by atoms with Crippen LogP contribution in [0, 0.1) is 0 Å². The molecule has 108 valence electrons. The lowest BCUT2D eigenvalue weighted by molar-refractivity contribution is 0.273. The summed E-state index contributed by atoms with van der Waals surface area (Å²) in [5, 5.41) is 4.07. The Hall–Kier alpha value is -0.750. The smallest absolute Gasteiger partial charge is 0.161 e. The lowest BCUT2D eigenvalue weighted by Crippen LogP contribution is -2.28. The highest BCUT2D eigenvalue weighted by Crippen LogP contribution is 2.28. The number of aromatic nitrogens is 1. The molecular weight excluding hydrogens is 285 g/mol. The fourth-order valence-electron chi connectivity index (χ4n) is 1.49. The predicted molar refractivity (Wildman–Crippen MR) is 82.9 cm³/mol. The van der Waals surface area contributed by atoms with Crippen LogP contribution in [0.5, 0.6) is 0 Å². The molecule has 0 saturated heterocycles. The molecule has 0 unspecified atom stereocenters. The van der Waals surface area contributed by atoms with Crippen LogP contribution in [0.1, 0.15) is 20.3 Å². The van der Waals surface area contributed by atoms with Gasteiger partial charge < -0.3 is 15.6 Å². The van der Waals surface area contributed by atoms with Crippen molar-refractivity contribution in [1.82, 2.24) is 9.88 Å². The standard InChI is InChI=1S/C12H21Cl2N5/c1-8(2)19(3)6-4-5-16-11-9(13)7-10(14)12(17-11)18-15/h7-8H,4-6,15H2,1-3H3,(H2,16,17,18). The summed E-state index contributed by atoms with van der Waals surface area (Å²) in [5.41, 5.74) is 2.44. The molecule has 0 aromatic carbocycles. The molecular formula is C12H21Cl2N5. The van der Waals surface area contributed by atoms with Crippen LogP contribution in [0.15, 0.2) is 6.07 Å². The summed E-state index contributed by atoms with van der Waals surface area (Å²) < 4.78 is 0. The minimum absolute atomic E-state index is 0.401. The topological polar surface area (TPSA) is 66.2 Å². The summed E-state index contributed by atoms with van der Waals surface area (Å²) in [6.45, 7) is 6.14. The molecule has 0 spiro atoms. The predicted octanol–water partition coefficient (Wildman–Crippen LogP) is 2.82. The van der Waals surface area contributed by atoms with Crippen molar-refractivity contribution in [2.45, 2.75) is 26.3 Å². The summed E-state index contributed by atoms with van der Waals surface area (Å²) in [7, 11) is 2.11. The van der Waals surface area contributed by atoms with Gasteiger partial charge in [-0.2, -0.15) is 0 Å². The van der Waals surface area contributed by atoms with E-state index in [9.17, 15) is 0 Å². The largest absolute Gasteiger partial charge is 0.369 e. The average molecular weight is 306 g/mol. The fraction of sp³-hybridized carbons (Fsp3) is 0.583. The van der Waals surface area contributed by atoms with Crippen molar-refractivity contribution in [1.29, 1.82) is 0 Å². The molecule has 0 radical (unpaired) electrons. The van der Waals surface area contributed by atoms with Crippen molar-refractivity contribution in [3.05, 3.63) is 16.1 Å². The van der Waals surface area contributed by atoms with Crippen LogP contribution >= 0.6 is 23.2 Å². The molecule has 1 aromatic heterocycles. The highest BCUT2D eigenvalue weighted by molar-refractivity contribution is 6.37. The molecule has 1 heterocycles. The van der Waals surface area contributed by atoms with Crippen LogP contribution in [-0.4, -0.2) is 36.1 Å². The van der Waals surface area contributed by atoms with E-state index in [1.54, 1.807) is 6.07 Å². The van der Waals surface area contributed by atoms with Crippen LogP contribution in [0.3, 0.4) is 0 Å². The SMILES string of the molecule is CC(C)N(C)CCCNc1nc(NN)c(Cl)cc1Cl. The van der Waals surface area contributed by atoms with Gasteiger partial charge >= 0.3 is 0 Å². The summed E-state index contributed by atoms with van der Waals surface area (Å²) in [6.07, 6.45) is 1.00. The molecule has 0 aliphatic carbocycles. The van der Waals surface area contributed by atoms with Crippen molar-refractivity contribution < 1.29 is 0 Å². The zero-order valence-corrected chi connectivity index (χ0v) is 13.0. The van der Waals surface area contributed by atoms with E-state index in [4.69, 9.17) is 29.0 Å². The molecule has 5 nitrogen and oxygen atoms in total. The van der Waals surface area contributed by atoms with Gasteiger partial charge in [0.1, 0.15) is 5.82 Å². The van der Waals surface area contributed by atoms with Gasteiger partial charge in [0, 0.05) is 12.6 Å². The Kier molecular flexibility index (Phi) is 6.65. The third-order valence-corrected chi connectivity index (χ3v) is 3.50. The Morgan fingerprint density at radius 1 is 1.32 bits per heavy atom. The van der Waals surface area contributed by atoms with E-state index >= 15 is 0 Å². The Morgan fingerprint density at radius 3 is 2.53 bits per heavy atom. The number of nitrogen functional groups attached to an aromatic ring is 1. The summed E-state index contributed by atoms with van der Waals surface area (Å²) in [5.74, 6) is 6.32. The molecule has 0 aliphatic rings. The molecule has 0 fully saturated rings. The zero-order chi connectivity index (χ0) is 14.4. The number of pyridine rings is 1. The number of hydrogen-bond donors (Lipinski definition) is 3. The molecule has 19 heavy (non-hydrogen) atoms. The molecule has 0 atom stereocenters. The van der Waals surface area contributed by atoms with E-state index in [0.29, 0.717) is 27.7 Å². The highest BCUT2D eigenvalue weighted by Gasteiger charge is 2.08.